The minimum Gasteiger partial charge on any atom is -0.460 e. The van der Waals surface area contributed by atoms with Gasteiger partial charge in [-0.05, 0) is 43.5 Å². The van der Waals surface area contributed by atoms with Crippen LogP contribution < -0.4 is 4.57 Å². The number of pyridine rings is 1. The van der Waals surface area contributed by atoms with Crippen molar-refractivity contribution in [2.24, 2.45) is 7.05 Å². The molecule has 1 rings (SSSR count). The van der Waals surface area contributed by atoms with E-state index in [1.807, 2.05) is 13.2 Å². The van der Waals surface area contributed by atoms with Crippen LogP contribution in [-0.2, 0) is 26.4 Å². The summed E-state index contributed by atoms with van der Waals surface area (Å²) in [7, 11) is -1.46. The van der Waals surface area contributed by atoms with Gasteiger partial charge in [0.2, 0.25) is 0 Å². The van der Waals surface area contributed by atoms with Crippen molar-refractivity contribution in [2.75, 3.05) is 13.7 Å². The van der Waals surface area contributed by atoms with Gasteiger partial charge in [0.05, 0.1) is 12.6 Å². The predicted octanol–water partition coefficient (Wildman–Crippen LogP) is 1.49. The fourth-order valence-corrected chi connectivity index (χ4v) is 1.18. The second kappa shape index (κ2) is 9.36. The number of hydrogen-bond donors (Lipinski definition) is 1. The lowest BCUT2D eigenvalue weighted by Crippen LogP contribution is -2.37. The molecule has 0 saturated heterocycles. The number of ether oxygens (including phenoxy) is 1. The first-order valence-electron chi connectivity index (χ1n) is 6.16. The summed E-state index contributed by atoms with van der Waals surface area (Å²) in [5.41, 5.74) is -0.142. The zero-order valence-electron chi connectivity index (χ0n) is 13.1. The number of halogens is 2. The molecule has 0 aliphatic carbocycles. The Morgan fingerprint density at radius 1 is 1.43 bits per heavy atom. The third-order valence-corrected chi connectivity index (χ3v) is 3.74. The van der Waals surface area contributed by atoms with Gasteiger partial charge in [-0.2, -0.15) is 8.42 Å². The van der Waals surface area contributed by atoms with Crippen LogP contribution in [-0.4, -0.2) is 42.1 Å². The lowest BCUT2D eigenvalue weighted by molar-refractivity contribution is -0.671. The molecule has 1 heterocycles. The summed E-state index contributed by atoms with van der Waals surface area (Å²) in [6, 6.07) is 3.46. The first kappa shape index (κ1) is 22.0. The summed E-state index contributed by atoms with van der Waals surface area (Å²) < 4.78 is 37.6. The first-order valence-corrected chi connectivity index (χ1v) is 8.20. The van der Waals surface area contributed by atoms with Crippen molar-refractivity contribution < 1.29 is 31.3 Å². The van der Waals surface area contributed by atoms with Gasteiger partial charge in [-0.15, -0.1) is 3.94 Å². The summed E-state index contributed by atoms with van der Waals surface area (Å²) >= 11 is 11.3. The van der Waals surface area contributed by atoms with Gasteiger partial charge in [-0.25, -0.2) is 9.36 Å². The number of nitrogens with zero attached hydrogens (tertiary/aromatic N) is 2. The van der Waals surface area contributed by atoms with E-state index in [1.165, 1.54) is 0 Å². The van der Waals surface area contributed by atoms with Crippen LogP contribution in [0.25, 0.3) is 0 Å². The summed E-state index contributed by atoms with van der Waals surface area (Å²) in [6.07, 6.45) is 3.52. The standard InChI is InChI=1S/C11H15Cl2N2O2.CH4O4S/c1-11(2,15(12)13)8-17-10(16)9-5-4-6-14(3)7-9;1-5-6(2,3)4/h4-7H,8H2,1-3H3;1H3,(H,2,3,4)/q+1;. The molecule has 1 aromatic heterocycles. The van der Waals surface area contributed by atoms with E-state index in [9.17, 15) is 13.2 Å². The number of esters is 1. The Balaban J connectivity index is 0.000000688. The van der Waals surface area contributed by atoms with E-state index in [-0.39, 0.29) is 6.61 Å². The Morgan fingerprint density at radius 2 is 1.96 bits per heavy atom. The fraction of sp³-hybridized carbons (Fsp3) is 0.500. The summed E-state index contributed by atoms with van der Waals surface area (Å²) in [4.78, 5) is 11.7. The highest BCUT2D eigenvalue weighted by atomic mass is 35.5. The van der Waals surface area contributed by atoms with E-state index >= 15 is 0 Å². The maximum atomic E-state index is 11.7. The number of aromatic nitrogens is 1. The molecule has 0 saturated carbocycles. The van der Waals surface area contributed by atoms with E-state index in [1.54, 1.807) is 36.7 Å². The van der Waals surface area contributed by atoms with Crippen LogP contribution in [0.5, 0.6) is 0 Å². The average Bonchev–Trinajstić information content (AvgIpc) is 2.44. The van der Waals surface area contributed by atoms with Gasteiger partial charge in [-0.1, -0.05) is 0 Å². The van der Waals surface area contributed by atoms with Crippen molar-refractivity contribution in [3.05, 3.63) is 30.1 Å². The number of carbonyl (C=O) groups excluding carboxylic acids is 1. The number of aryl methyl sites for hydroxylation is 1. The third-order valence-electron chi connectivity index (χ3n) is 2.40. The van der Waals surface area contributed by atoms with Gasteiger partial charge in [0, 0.05) is 6.07 Å². The van der Waals surface area contributed by atoms with Crippen molar-refractivity contribution in [2.45, 2.75) is 19.4 Å². The van der Waals surface area contributed by atoms with Gasteiger partial charge >= 0.3 is 16.4 Å². The van der Waals surface area contributed by atoms with Gasteiger partial charge in [0.1, 0.15) is 19.2 Å². The Bertz CT molecular complexity index is 622. The summed E-state index contributed by atoms with van der Waals surface area (Å²) in [6.45, 7) is 3.65. The number of carbonyl (C=O) groups is 1. The van der Waals surface area contributed by atoms with Crippen LogP contribution >= 0.6 is 23.6 Å². The van der Waals surface area contributed by atoms with Crippen molar-refractivity contribution in [1.29, 1.82) is 0 Å². The molecule has 8 nitrogen and oxygen atoms in total. The quantitative estimate of drug-likeness (QED) is 0.352. The molecule has 0 spiro atoms. The molecule has 0 bridgehead atoms. The zero-order valence-corrected chi connectivity index (χ0v) is 15.4. The van der Waals surface area contributed by atoms with Crippen molar-refractivity contribution in [3.63, 3.8) is 0 Å². The maximum Gasteiger partial charge on any atom is 0.397 e. The third kappa shape index (κ3) is 9.69. The van der Waals surface area contributed by atoms with E-state index in [0.29, 0.717) is 5.56 Å². The summed E-state index contributed by atoms with van der Waals surface area (Å²) in [5.74, 6) is -0.399. The molecule has 23 heavy (non-hydrogen) atoms. The summed E-state index contributed by atoms with van der Waals surface area (Å²) in [5, 5.41) is 0. The van der Waals surface area contributed by atoms with Crippen LogP contribution in [0, 0.1) is 0 Å². The fourth-order valence-electron chi connectivity index (χ4n) is 1.08. The lowest BCUT2D eigenvalue weighted by Gasteiger charge is -2.26. The largest absolute Gasteiger partial charge is 0.460 e. The molecule has 0 radical (unpaired) electrons. The molecule has 0 amide bonds. The van der Waals surface area contributed by atoms with E-state index < -0.39 is 21.9 Å². The highest BCUT2D eigenvalue weighted by Crippen LogP contribution is 2.20. The van der Waals surface area contributed by atoms with Crippen molar-refractivity contribution in [1.82, 2.24) is 3.94 Å². The smallest absolute Gasteiger partial charge is 0.397 e. The Labute approximate surface area is 145 Å². The van der Waals surface area contributed by atoms with Crippen LogP contribution in [0.1, 0.15) is 24.2 Å². The molecule has 132 valence electrons. The van der Waals surface area contributed by atoms with E-state index in [4.69, 9.17) is 32.8 Å². The van der Waals surface area contributed by atoms with Crippen molar-refractivity contribution in [3.8, 4) is 0 Å². The topological polar surface area (TPSA) is 97.0 Å². The van der Waals surface area contributed by atoms with Crippen molar-refractivity contribution >= 4 is 39.9 Å². The molecule has 1 aromatic rings. The highest BCUT2D eigenvalue weighted by Gasteiger charge is 2.27. The SMILES string of the molecule is COS(=O)(=O)O.C[n+]1cccc(C(=O)OCC(C)(C)N(Cl)Cl)c1. The van der Waals surface area contributed by atoms with Crippen LogP contribution in [0.15, 0.2) is 24.5 Å². The number of hydrogen-bond acceptors (Lipinski definition) is 6. The predicted molar refractivity (Wildman–Crippen MR) is 84.1 cm³/mol. The van der Waals surface area contributed by atoms with Gasteiger partial charge in [0.25, 0.3) is 0 Å². The first-order chi connectivity index (χ1) is 10.4. The van der Waals surface area contributed by atoms with E-state index in [0.717, 1.165) is 11.0 Å². The van der Waals surface area contributed by atoms with Gasteiger partial charge < -0.3 is 4.74 Å². The maximum absolute atomic E-state index is 11.7. The minimum absolute atomic E-state index is 0.109. The van der Waals surface area contributed by atoms with Crippen LogP contribution in [0.4, 0.5) is 0 Å². The molecular formula is C12H19Cl2N2O6S+. The van der Waals surface area contributed by atoms with Crippen LogP contribution in [0.3, 0.4) is 0 Å². The van der Waals surface area contributed by atoms with E-state index in [2.05, 4.69) is 4.18 Å². The van der Waals surface area contributed by atoms with Crippen LogP contribution in [0.2, 0.25) is 0 Å². The molecule has 0 fully saturated rings. The monoisotopic (exact) mass is 389 g/mol. The molecule has 0 atom stereocenters. The molecule has 0 aromatic carbocycles. The molecule has 0 unspecified atom stereocenters. The number of rotatable bonds is 5. The Morgan fingerprint density at radius 3 is 2.35 bits per heavy atom. The molecule has 1 N–H and O–H groups in total. The minimum atomic E-state index is -4.16. The molecule has 0 aliphatic heterocycles. The second-order valence-electron chi connectivity index (χ2n) is 4.97. The molecule has 0 aliphatic rings. The molecule has 11 heteroatoms. The average molecular weight is 390 g/mol. The second-order valence-corrected chi connectivity index (χ2v) is 7.01. The van der Waals surface area contributed by atoms with Gasteiger partial charge in [0.15, 0.2) is 12.4 Å². The van der Waals surface area contributed by atoms with Gasteiger partial charge in [-0.3, -0.25) is 8.74 Å². The Kier molecular flexibility index (Phi) is 8.96. The Hall–Kier alpha value is -0.970. The lowest BCUT2D eigenvalue weighted by atomic mass is 10.1. The molecular weight excluding hydrogens is 371 g/mol. The highest BCUT2D eigenvalue weighted by molar-refractivity contribution is 7.80. The zero-order chi connectivity index (χ0) is 18.3. The normalized spacial score (nSPS) is 11.7.